The third-order valence-corrected chi connectivity index (χ3v) is 5.83. The van der Waals surface area contributed by atoms with Crippen LogP contribution in [-0.2, 0) is 19.6 Å². The molecule has 0 aromatic heterocycles. The molecule has 3 rings (SSSR count). The fraction of sp³-hybridized carbons (Fsp3) is 0.211. The minimum absolute atomic E-state index is 0.157. The molecule has 136 valence electrons. The number of hydrogen-bond donors (Lipinski definition) is 1. The highest BCUT2D eigenvalue weighted by Crippen LogP contribution is 2.20. The van der Waals surface area contributed by atoms with Gasteiger partial charge in [0.15, 0.2) is 0 Å². The van der Waals surface area contributed by atoms with Crippen LogP contribution in [0.5, 0.6) is 0 Å². The van der Waals surface area contributed by atoms with E-state index in [9.17, 15) is 13.2 Å². The summed E-state index contributed by atoms with van der Waals surface area (Å²) in [5, 5.41) is 2.69. The summed E-state index contributed by atoms with van der Waals surface area (Å²) in [6.45, 7) is 1.44. The van der Waals surface area contributed by atoms with Gasteiger partial charge in [0.25, 0.3) is 0 Å². The molecule has 2 aromatic rings. The Balaban J connectivity index is 1.71. The summed E-state index contributed by atoms with van der Waals surface area (Å²) in [5.74, 6) is -0.324. The van der Waals surface area contributed by atoms with Gasteiger partial charge in [-0.25, -0.2) is 8.42 Å². The summed E-state index contributed by atoms with van der Waals surface area (Å²) in [7, 11) is -3.59. The van der Waals surface area contributed by atoms with Crippen LogP contribution in [0.4, 0.5) is 5.69 Å². The van der Waals surface area contributed by atoms with Crippen LogP contribution in [0.1, 0.15) is 5.56 Å². The fourth-order valence-electron chi connectivity index (χ4n) is 2.59. The second kappa shape index (κ2) is 8.27. The zero-order valence-corrected chi connectivity index (χ0v) is 15.0. The quantitative estimate of drug-likeness (QED) is 0.818. The number of nitrogens with zero attached hydrogens (tertiary/aromatic N) is 1. The number of morpholine rings is 1. The molecule has 1 amide bonds. The number of carbonyl (C=O) groups excluding carboxylic acids is 1. The maximum absolute atomic E-state index is 12.7. The largest absolute Gasteiger partial charge is 0.379 e. The number of hydrogen-bond acceptors (Lipinski definition) is 4. The van der Waals surface area contributed by atoms with Crippen molar-refractivity contribution in [3.05, 3.63) is 66.2 Å². The van der Waals surface area contributed by atoms with Gasteiger partial charge in [-0.05, 0) is 29.8 Å². The Hall–Kier alpha value is -2.48. The van der Waals surface area contributed by atoms with Crippen LogP contribution < -0.4 is 5.32 Å². The van der Waals surface area contributed by atoms with Gasteiger partial charge in [-0.15, -0.1) is 0 Å². The number of benzene rings is 2. The summed E-state index contributed by atoms with van der Waals surface area (Å²) in [6.07, 6.45) is 3.11. The van der Waals surface area contributed by atoms with E-state index < -0.39 is 10.0 Å². The number of rotatable bonds is 5. The zero-order valence-electron chi connectivity index (χ0n) is 14.2. The molecule has 1 aliphatic rings. The van der Waals surface area contributed by atoms with Crippen molar-refractivity contribution in [1.82, 2.24) is 4.31 Å². The smallest absolute Gasteiger partial charge is 0.248 e. The lowest BCUT2D eigenvalue weighted by atomic mass is 10.2. The first-order chi connectivity index (χ1) is 12.6. The van der Waals surface area contributed by atoms with Crippen molar-refractivity contribution >= 4 is 27.7 Å². The number of carbonyl (C=O) groups is 1. The SMILES string of the molecule is O=C(/C=C/c1ccccc1)Nc1cccc(S(=O)(=O)N2CCOCC2)c1. The lowest BCUT2D eigenvalue weighted by Gasteiger charge is -2.26. The first kappa shape index (κ1) is 18.3. The molecule has 0 unspecified atom stereocenters. The average molecular weight is 372 g/mol. The molecule has 1 heterocycles. The summed E-state index contributed by atoms with van der Waals surface area (Å²) in [6, 6.07) is 15.7. The molecule has 1 fully saturated rings. The van der Waals surface area contributed by atoms with Crippen LogP contribution in [0, 0.1) is 0 Å². The Morgan fingerprint density at radius 2 is 1.77 bits per heavy atom. The number of amides is 1. The van der Waals surface area contributed by atoms with Gasteiger partial charge in [0.2, 0.25) is 15.9 Å². The standard InChI is InChI=1S/C19H20N2O4S/c22-19(10-9-16-5-2-1-3-6-16)20-17-7-4-8-18(15-17)26(23,24)21-11-13-25-14-12-21/h1-10,15H,11-14H2,(H,20,22)/b10-9+. The molecule has 1 saturated heterocycles. The lowest BCUT2D eigenvalue weighted by Crippen LogP contribution is -2.40. The molecule has 0 aliphatic carbocycles. The van der Waals surface area contributed by atoms with Crippen molar-refractivity contribution in [3.8, 4) is 0 Å². The highest BCUT2D eigenvalue weighted by Gasteiger charge is 2.26. The molecule has 1 N–H and O–H groups in total. The van der Waals surface area contributed by atoms with Crippen LogP contribution in [0.25, 0.3) is 6.08 Å². The van der Waals surface area contributed by atoms with Gasteiger partial charge in [0.05, 0.1) is 18.1 Å². The van der Waals surface area contributed by atoms with E-state index in [1.165, 1.54) is 22.5 Å². The summed E-state index contributed by atoms with van der Waals surface area (Å²) in [4.78, 5) is 12.2. The van der Waals surface area contributed by atoms with E-state index in [0.29, 0.717) is 32.0 Å². The van der Waals surface area contributed by atoms with E-state index in [4.69, 9.17) is 4.74 Å². The molecule has 0 atom stereocenters. The Morgan fingerprint density at radius 1 is 1.04 bits per heavy atom. The van der Waals surface area contributed by atoms with Crippen LogP contribution >= 0.6 is 0 Å². The highest BCUT2D eigenvalue weighted by molar-refractivity contribution is 7.89. The van der Waals surface area contributed by atoms with Crippen LogP contribution in [-0.4, -0.2) is 44.9 Å². The van der Waals surface area contributed by atoms with Gasteiger partial charge in [-0.3, -0.25) is 4.79 Å². The number of nitrogens with one attached hydrogen (secondary N) is 1. The molecule has 1 aliphatic heterocycles. The fourth-order valence-corrected chi connectivity index (χ4v) is 4.04. The molecule has 2 aromatic carbocycles. The van der Waals surface area contributed by atoms with Crippen molar-refractivity contribution in [2.24, 2.45) is 0 Å². The van der Waals surface area contributed by atoms with E-state index in [1.807, 2.05) is 30.3 Å². The predicted molar refractivity (Wildman–Crippen MR) is 100 cm³/mol. The lowest BCUT2D eigenvalue weighted by molar-refractivity contribution is -0.111. The van der Waals surface area contributed by atoms with Gasteiger partial charge in [-0.2, -0.15) is 4.31 Å². The van der Waals surface area contributed by atoms with Gasteiger partial charge in [-0.1, -0.05) is 36.4 Å². The summed E-state index contributed by atoms with van der Waals surface area (Å²) >= 11 is 0. The van der Waals surface area contributed by atoms with Gasteiger partial charge in [0.1, 0.15) is 0 Å². The Labute approximate surface area is 153 Å². The van der Waals surface area contributed by atoms with Crippen LogP contribution in [0.2, 0.25) is 0 Å². The first-order valence-electron chi connectivity index (χ1n) is 8.28. The summed E-state index contributed by atoms with van der Waals surface area (Å²) in [5.41, 5.74) is 1.34. The third-order valence-electron chi connectivity index (χ3n) is 3.94. The van der Waals surface area contributed by atoms with Gasteiger partial charge >= 0.3 is 0 Å². The Kier molecular flexibility index (Phi) is 5.82. The van der Waals surface area contributed by atoms with E-state index in [1.54, 1.807) is 18.2 Å². The Morgan fingerprint density at radius 3 is 2.50 bits per heavy atom. The molecule has 26 heavy (non-hydrogen) atoms. The normalized spacial score (nSPS) is 15.8. The number of ether oxygens (including phenoxy) is 1. The molecule has 0 saturated carbocycles. The predicted octanol–water partition coefficient (Wildman–Crippen LogP) is 2.36. The van der Waals surface area contributed by atoms with Crippen LogP contribution in [0.15, 0.2) is 65.6 Å². The summed E-state index contributed by atoms with van der Waals surface area (Å²) < 4.78 is 32.0. The molecule has 0 radical (unpaired) electrons. The minimum atomic E-state index is -3.59. The number of anilines is 1. The molecule has 7 heteroatoms. The van der Waals surface area contributed by atoms with Crippen molar-refractivity contribution in [2.75, 3.05) is 31.6 Å². The molecule has 6 nitrogen and oxygen atoms in total. The van der Waals surface area contributed by atoms with Crippen molar-refractivity contribution in [3.63, 3.8) is 0 Å². The monoisotopic (exact) mass is 372 g/mol. The second-order valence-electron chi connectivity index (χ2n) is 5.78. The van der Waals surface area contributed by atoms with E-state index >= 15 is 0 Å². The highest BCUT2D eigenvalue weighted by atomic mass is 32.2. The second-order valence-corrected chi connectivity index (χ2v) is 7.72. The van der Waals surface area contributed by atoms with E-state index in [-0.39, 0.29) is 10.8 Å². The third kappa shape index (κ3) is 4.57. The minimum Gasteiger partial charge on any atom is -0.379 e. The van der Waals surface area contributed by atoms with Crippen molar-refractivity contribution in [2.45, 2.75) is 4.90 Å². The van der Waals surface area contributed by atoms with E-state index in [2.05, 4.69) is 5.32 Å². The molecular formula is C19H20N2O4S. The first-order valence-corrected chi connectivity index (χ1v) is 9.72. The maximum Gasteiger partial charge on any atom is 0.248 e. The van der Waals surface area contributed by atoms with E-state index in [0.717, 1.165) is 5.56 Å². The molecule has 0 bridgehead atoms. The van der Waals surface area contributed by atoms with Gasteiger partial charge in [0, 0.05) is 24.9 Å². The molecule has 0 spiro atoms. The molecular weight excluding hydrogens is 352 g/mol. The van der Waals surface area contributed by atoms with Gasteiger partial charge < -0.3 is 10.1 Å². The Bertz CT molecular complexity index is 889. The van der Waals surface area contributed by atoms with Crippen molar-refractivity contribution in [1.29, 1.82) is 0 Å². The maximum atomic E-state index is 12.7. The zero-order chi connectivity index (χ0) is 18.4. The van der Waals surface area contributed by atoms with Crippen LogP contribution in [0.3, 0.4) is 0 Å². The van der Waals surface area contributed by atoms with Crippen molar-refractivity contribution < 1.29 is 17.9 Å². The number of sulfonamides is 1. The average Bonchev–Trinajstić information content (AvgIpc) is 2.68. The topological polar surface area (TPSA) is 75.7 Å².